The lowest BCUT2D eigenvalue weighted by Gasteiger charge is -2.39. The maximum absolute atomic E-state index is 6.37. The van der Waals surface area contributed by atoms with Gasteiger partial charge in [-0.15, -0.1) is 0 Å². The average molecular weight is 448 g/mol. The number of alkyl halides is 1. The number of unbranched alkanes of at least 4 members (excludes halogenated alkanes) is 1. The molecule has 1 fully saturated rings. The van der Waals surface area contributed by atoms with Crippen molar-refractivity contribution in [2.45, 2.75) is 55.7 Å². The van der Waals surface area contributed by atoms with Crippen LogP contribution in [0.2, 0.25) is 0 Å². The van der Waals surface area contributed by atoms with E-state index in [0.29, 0.717) is 27.1 Å². The van der Waals surface area contributed by atoms with Gasteiger partial charge in [-0.05, 0) is 37.5 Å². The summed E-state index contributed by atoms with van der Waals surface area (Å²) in [6, 6.07) is 4.07. The Bertz CT molecular complexity index is 509. The number of rotatable bonds is 7. The highest BCUT2D eigenvalue weighted by Gasteiger charge is 2.37. The maximum atomic E-state index is 6.37. The predicted octanol–water partition coefficient (Wildman–Crippen LogP) is 5.17. The lowest BCUT2D eigenvalue weighted by atomic mass is 9.84. The molecule has 0 aliphatic carbocycles. The number of ether oxygens (including phenoxy) is 4. The molecule has 0 amide bonds. The SMILES string of the molecule is CCCC[C@@H]1[C@@H](I)C[C@@H](C)O[C@H]1c1cc(OC)c(OC)c(OC)c1. The first-order valence-corrected chi connectivity index (χ1v) is 9.89. The summed E-state index contributed by atoms with van der Waals surface area (Å²) < 4.78 is 23.5. The second kappa shape index (κ2) is 9.13. The summed E-state index contributed by atoms with van der Waals surface area (Å²) in [6.45, 7) is 4.40. The van der Waals surface area contributed by atoms with Crippen LogP contribution < -0.4 is 14.2 Å². The molecule has 1 saturated heterocycles. The first-order chi connectivity index (χ1) is 11.5. The minimum atomic E-state index is 0.0657. The molecule has 4 nitrogen and oxygen atoms in total. The highest BCUT2D eigenvalue weighted by molar-refractivity contribution is 14.1. The molecule has 1 heterocycles. The van der Waals surface area contributed by atoms with E-state index in [9.17, 15) is 0 Å². The van der Waals surface area contributed by atoms with Gasteiger partial charge in [-0.25, -0.2) is 0 Å². The van der Waals surface area contributed by atoms with E-state index in [1.54, 1.807) is 21.3 Å². The highest BCUT2D eigenvalue weighted by Crippen LogP contribution is 2.47. The van der Waals surface area contributed by atoms with Crippen LogP contribution >= 0.6 is 22.6 Å². The summed E-state index contributed by atoms with van der Waals surface area (Å²) in [7, 11) is 4.94. The smallest absolute Gasteiger partial charge is 0.203 e. The van der Waals surface area contributed by atoms with Gasteiger partial charge in [0.05, 0.1) is 33.5 Å². The number of halogens is 1. The molecule has 1 aliphatic heterocycles. The summed E-state index contributed by atoms with van der Waals surface area (Å²) in [5, 5.41) is 0. The van der Waals surface area contributed by atoms with Crippen LogP contribution in [0.15, 0.2) is 12.1 Å². The molecule has 0 N–H and O–H groups in total. The quantitative estimate of drug-likeness (QED) is 0.426. The highest BCUT2D eigenvalue weighted by atomic mass is 127. The standard InChI is InChI=1S/C19H29IO4/c1-6-7-8-14-15(20)9-12(2)24-18(14)13-10-16(21-3)19(23-5)17(11-13)22-4/h10-12,14-15,18H,6-9H2,1-5H3/t12-,14-,15+,18+/m1/s1. The van der Waals surface area contributed by atoms with Crippen LogP contribution in [0.1, 0.15) is 51.2 Å². The van der Waals surface area contributed by atoms with Crippen molar-refractivity contribution < 1.29 is 18.9 Å². The molecule has 0 aromatic heterocycles. The van der Waals surface area contributed by atoms with Crippen molar-refractivity contribution in [1.82, 2.24) is 0 Å². The number of hydrogen-bond acceptors (Lipinski definition) is 4. The van der Waals surface area contributed by atoms with Gasteiger partial charge in [-0.3, -0.25) is 0 Å². The molecule has 0 radical (unpaired) electrons. The van der Waals surface area contributed by atoms with Gasteiger partial charge in [0.2, 0.25) is 5.75 Å². The van der Waals surface area contributed by atoms with Crippen LogP contribution in [0, 0.1) is 5.92 Å². The fourth-order valence-corrected chi connectivity index (χ4v) is 4.90. The molecule has 5 heteroatoms. The van der Waals surface area contributed by atoms with Crippen molar-refractivity contribution in [2.24, 2.45) is 5.92 Å². The zero-order chi connectivity index (χ0) is 17.7. The van der Waals surface area contributed by atoms with Crippen molar-refractivity contribution in [1.29, 1.82) is 0 Å². The number of methoxy groups -OCH3 is 3. The summed E-state index contributed by atoms with van der Waals surface area (Å²) in [5.74, 6) is 2.51. The largest absolute Gasteiger partial charge is 0.493 e. The molecular formula is C19H29IO4. The summed E-state index contributed by atoms with van der Waals surface area (Å²) in [4.78, 5) is 0. The average Bonchev–Trinajstić information content (AvgIpc) is 2.58. The van der Waals surface area contributed by atoms with Crippen LogP contribution in [-0.4, -0.2) is 31.4 Å². The van der Waals surface area contributed by atoms with Crippen LogP contribution in [0.4, 0.5) is 0 Å². The molecule has 0 bridgehead atoms. The van der Waals surface area contributed by atoms with E-state index < -0.39 is 0 Å². The van der Waals surface area contributed by atoms with Crippen LogP contribution in [0.5, 0.6) is 17.2 Å². The fraction of sp³-hybridized carbons (Fsp3) is 0.684. The van der Waals surface area contributed by atoms with Crippen LogP contribution in [0.3, 0.4) is 0 Å². The Kier molecular flexibility index (Phi) is 7.47. The fourth-order valence-electron chi connectivity index (χ4n) is 3.45. The third kappa shape index (κ3) is 4.28. The van der Waals surface area contributed by atoms with Gasteiger partial charge < -0.3 is 18.9 Å². The minimum Gasteiger partial charge on any atom is -0.493 e. The Morgan fingerprint density at radius 2 is 1.75 bits per heavy atom. The molecule has 0 unspecified atom stereocenters. The van der Waals surface area contributed by atoms with Crippen molar-refractivity contribution in [3.8, 4) is 17.2 Å². The summed E-state index contributed by atoms with van der Waals surface area (Å²) in [5.41, 5.74) is 1.11. The predicted molar refractivity (Wildman–Crippen MR) is 105 cm³/mol. The molecule has 24 heavy (non-hydrogen) atoms. The van der Waals surface area contributed by atoms with E-state index in [1.165, 1.54) is 19.3 Å². The lowest BCUT2D eigenvalue weighted by Crippen LogP contribution is -2.35. The van der Waals surface area contributed by atoms with Gasteiger partial charge in [0.15, 0.2) is 11.5 Å². The first-order valence-electron chi connectivity index (χ1n) is 8.65. The van der Waals surface area contributed by atoms with Crippen LogP contribution in [0.25, 0.3) is 0 Å². The van der Waals surface area contributed by atoms with E-state index in [4.69, 9.17) is 18.9 Å². The van der Waals surface area contributed by atoms with Crippen LogP contribution in [-0.2, 0) is 4.74 Å². The van der Waals surface area contributed by atoms with E-state index >= 15 is 0 Å². The molecule has 4 atom stereocenters. The molecule has 1 aromatic carbocycles. The first kappa shape index (κ1) is 19.6. The second-order valence-electron chi connectivity index (χ2n) is 6.38. The minimum absolute atomic E-state index is 0.0657. The molecule has 1 aliphatic rings. The van der Waals surface area contributed by atoms with Crippen molar-refractivity contribution in [3.63, 3.8) is 0 Å². The molecular weight excluding hydrogens is 419 g/mol. The number of benzene rings is 1. The normalized spacial score (nSPS) is 26.9. The third-order valence-corrected chi connectivity index (χ3v) is 6.13. The zero-order valence-corrected chi connectivity index (χ0v) is 17.5. The Balaban J connectivity index is 2.41. The van der Waals surface area contributed by atoms with E-state index in [1.807, 2.05) is 12.1 Å². The third-order valence-electron chi connectivity index (χ3n) is 4.70. The van der Waals surface area contributed by atoms with Gasteiger partial charge >= 0.3 is 0 Å². The Morgan fingerprint density at radius 3 is 2.25 bits per heavy atom. The molecule has 0 saturated carbocycles. The van der Waals surface area contributed by atoms with Gasteiger partial charge in [-0.2, -0.15) is 0 Å². The lowest BCUT2D eigenvalue weighted by molar-refractivity contribution is -0.0739. The Morgan fingerprint density at radius 1 is 1.12 bits per heavy atom. The van der Waals surface area contributed by atoms with Gasteiger partial charge in [-0.1, -0.05) is 42.4 Å². The van der Waals surface area contributed by atoms with Gasteiger partial charge in [0, 0.05) is 9.84 Å². The number of hydrogen-bond donors (Lipinski definition) is 0. The molecule has 2 rings (SSSR count). The molecule has 1 aromatic rings. The topological polar surface area (TPSA) is 36.9 Å². The van der Waals surface area contributed by atoms with Gasteiger partial charge in [0.1, 0.15) is 0 Å². The second-order valence-corrected chi connectivity index (χ2v) is 7.98. The zero-order valence-electron chi connectivity index (χ0n) is 15.3. The van der Waals surface area contributed by atoms with Crippen molar-refractivity contribution in [2.75, 3.05) is 21.3 Å². The van der Waals surface area contributed by atoms with E-state index in [-0.39, 0.29) is 12.2 Å². The Hall–Kier alpha value is -0.690. The summed E-state index contributed by atoms with van der Waals surface area (Å²) >= 11 is 2.60. The van der Waals surface area contributed by atoms with Crippen molar-refractivity contribution in [3.05, 3.63) is 17.7 Å². The van der Waals surface area contributed by atoms with E-state index in [2.05, 4.69) is 36.4 Å². The molecule has 0 spiro atoms. The van der Waals surface area contributed by atoms with Crippen molar-refractivity contribution >= 4 is 22.6 Å². The maximum Gasteiger partial charge on any atom is 0.203 e. The Labute approximate surface area is 159 Å². The van der Waals surface area contributed by atoms with Gasteiger partial charge in [0.25, 0.3) is 0 Å². The van der Waals surface area contributed by atoms with E-state index in [0.717, 1.165) is 12.0 Å². The monoisotopic (exact) mass is 448 g/mol. The molecule has 136 valence electrons. The summed E-state index contributed by atoms with van der Waals surface area (Å²) in [6.07, 6.45) is 5.04.